The summed E-state index contributed by atoms with van der Waals surface area (Å²) in [6, 6.07) is 24.2. The molecule has 196 valence electrons. The van der Waals surface area contributed by atoms with Crippen LogP contribution in [-0.2, 0) is 6.54 Å². The topological polar surface area (TPSA) is 58.5 Å². The third-order valence-corrected chi connectivity index (χ3v) is 7.12. The molecule has 38 heavy (non-hydrogen) atoms. The second-order valence-electron chi connectivity index (χ2n) is 10.2. The highest BCUT2D eigenvalue weighted by atomic mass is 16.5. The largest absolute Gasteiger partial charge is 0.457 e. The van der Waals surface area contributed by atoms with Crippen molar-refractivity contribution in [1.82, 2.24) is 14.8 Å². The number of anilines is 1. The molecule has 1 amide bonds. The van der Waals surface area contributed by atoms with E-state index in [9.17, 15) is 4.79 Å². The van der Waals surface area contributed by atoms with Crippen LogP contribution in [0.4, 0.5) is 5.69 Å². The minimum Gasteiger partial charge on any atom is -0.457 e. The van der Waals surface area contributed by atoms with E-state index in [-0.39, 0.29) is 5.91 Å². The molecule has 0 unspecified atom stereocenters. The molecule has 0 bridgehead atoms. The van der Waals surface area contributed by atoms with Crippen molar-refractivity contribution in [2.24, 2.45) is 0 Å². The number of likely N-dealkylation sites (tertiary alicyclic amines) is 1. The number of carbonyl (C=O) groups is 1. The second-order valence-corrected chi connectivity index (χ2v) is 10.2. The molecule has 2 N–H and O–H groups in total. The fourth-order valence-electron chi connectivity index (χ4n) is 5.01. The third kappa shape index (κ3) is 6.33. The summed E-state index contributed by atoms with van der Waals surface area (Å²) in [5, 5.41) is 6.57. The molecule has 1 aliphatic heterocycles. The first kappa shape index (κ1) is 25.8. The van der Waals surface area contributed by atoms with Crippen LogP contribution in [0.1, 0.15) is 39.9 Å². The number of nitrogens with one attached hydrogen (secondary N) is 2. The standard InChI is InChI=1S/C32H36N4O2/c1-23-13-15-36(20-23)29-17-25(21-35-14-7-8-27(22-35)33-3)16-28(19-29)34-32(37)26-12-11-24(2)31(18-26)38-30-9-5-4-6-10-30/h4-6,9-13,15-20,27,33H,7-8,14,21-22H2,1-3H3,(H,34,37)/t27-/m0/s1. The Morgan fingerprint density at radius 3 is 2.63 bits per heavy atom. The molecule has 2 heterocycles. The summed E-state index contributed by atoms with van der Waals surface area (Å²) in [6.45, 7) is 7.02. The molecule has 0 radical (unpaired) electrons. The number of rotatable bonds is 8. The van der Waals surface area contributed by atoms with Crippen LogP contribution < -0.4 is 15.4 Å². The van der Waals surface area contributed by atoms with Gasteiger partial charge in [-0.2, -0.15) is 0 Å². The number of likely N-dealkylation sites (N-methyl/N-ethyl adjacent to an activating group) is 1. The normalized spacial score (nSPS) is 15.8. The van der Waals surface area contributed by atoms with E-state index in [1.807, 2.05) is 68.6 Å². The van der Waals surface area contributed by atoms with Crippen LogP contribution in [0.3, 0.4) is 0 Å². The summed E-state index contributed by atoms with van der Waals surface area (Å²) in [5.74, 6) is 1.25. The van der Waals surface area contributed by atoms with Crippen LogP contribution in [0.2, 0.25) is 0 Å². The lowest BCUT2D eigenvalue weighted by atomic mass is 10.0. The Bertz CT molecular complexity index is 1400. The quantitative estimate of drug-likeness (QED) is 0.292. The fourth-order valence-corrected chi connectivity index (χ4v) is 5.01. The lowest BCUT2D eigenvalue weighted by Gasteiger charge is -2.32. The predicted octanol–water partition coefficient (Wildman–Crippen LogP) is 6.32. The van der Waals surface area contributed by atoms with E-state index in [1.165, 1.54) is 24.0 Å². The number of ether oxygens (including phenoxy) is 1. The van der Waals surface area contributed by atoms with Gasteiger partial charge in [0.05, 0.1) is 0 Å². The molecule has 1 atom stereocenters. The SMILES string of the molecule is CN[C@H]1CCCN(Cc2cc(NC(=O)c3ccc(C)c(Oc4ccccc4)c3)cc(-n3ccc(C)c3)c2)C1. The van der Waals surface area contributed by atoms with Crippen molar-refractivity contribution in [3.63, 3.8) is 0 Å². The minimum absolute atomic E-state index is 0.164. The number of benzene rings is 3. The van der Waals surface area contributed by atoms with Crippen molar-refractivity contribution in [1.29, 1.82) is 0 Å². The van der Waals surface area contributed by atoms with Crippen LogP contribution in [0.5, 0.6) is 11.5 Å². The molecule has 1 saturated heterocycles. The molecule has 0 spiro atoms. The van der Waals surface area contributed by atoms with E-state index in [0.717, 1.165) is 42.3 Å². The maximum absolute atomic E-state index is 13.4. The number of aromatic nitrogens is 1. The third-order valence-electron chi connectivity index (χ3n) is 7.12. The summed E-state index contributed by atoms with van der Waals surface area (Å²) in [5.41, 5.74) is 5.71. The molecule has 0 saturated carbocycles. The number of amides is 1. The summed E-state index contributed by atoms with van der Waals surface area (Å²) >= 11 is 0. The van der Waals surface area contributed by atoms with Crippen molar-refractivity contribution < 1.29 is 9.53 Å². The number of aryl methyl sites for hydroxylation is 2. The highest BCUT2D eigenvalue weighted by Crippen LogP contribution is 2.27. The Morgan fingerprint density at radius 1 is 1.03 bits per heavy atom. The molecule has 3 aromatic carbocycles. The molecular formula is C32H36N4O2. The first-order valence-corrected chi connectivity index (χ1v) is 13.3. The number of para-hydroxylation sites is 1. The van der Waals surface area contributed by atoms with Crippen molar-refractivity contribution in [3.8, 4) is 17.2 Å². The number of carbonyl (C=O) groups excluding carboxylic acids is 1. The van der Waals surface area contributed by atoms with E-state index in [4.69, 9.17) is 4.74 Å². The fraction of sp³-hybridized carbons (Fsp3) is 0.281. The molecule has 6 heteroatoms. The van der Waals surface area contributed by atoms with Gasteiger partial charge in [-0.25, -0.2) is 0 Å². The van der Waals surface area contributed by atoms with Crippen molar-refractivity contribution >= 4 is 11.6 Å². The molecule has 1 aliphatic rings. The first-order valence-electron chi connectivity index (χ1n) is 13.3. The van der Waals surface area contributed by atoms with Crippen LogP contribution in [-0.4, -0.2) is 41.6 Å². The van der Waals surface area contributed by atoms with Gasteiger partial charge in [-0.1, -0.05) is 24.3 Å². The molecule has 4 aromatic rings. The molecular weight excluding hydrogens is 472 g/mol. The summed E-state index contributed by atoms with van der Waals surface area (Å²) in [7, 11) is 2.04. The minimum atomic E-state index is -0.164. The van der Waals surface area contributed by atoms with Gasteiger partial charge in [0.1, 0.15) is 11.5 Å². The molecule has 1 aromatic heterocycles. The van der Waals surface area contributed by atoms with E-state index >= 15 is 0 Å². The Kier molecular flexibility index (Phi) is 7.91. The summed E-state index contributed by atoms with van der Waals surface area (Å²) in [6.07, 6.45) is 6.57. The maximum atomic E-state index is 13.4. The average molecular weight is 509 g/mol. The van der Waals surface area contributed by atoms with Crippen LogP contribution in [0.15, 0.2) is 85.2 Å². The van der Waals surface area contributed by atoms with Crippen LogP contribution in [0.25, 0.3) is 5.69 Å². The maximum Gasteiger partial charge on any atom is 0.255 e. The average Bonchev–Trinajstić information content (AvgIpc) is 3.37. The molecule has 6 nitrogen and oxygen atoms in total. The Labute approximate surface area is 225 Å². The molecule has 0 aliphatic carbocycles. The van der Waals surface area contributed by atoms with E-state index < -0.39 is 0 Å². The van der Waals surface area contributed by atoms with Gasteiger partial charge in [0, 0.05) is 48.5 Å². The van der Waals surface area contributed by atoms with Gasteiger partial charge in [-0.15, -0.1) is 0 Å². The number of piperidine rings is 1. The van der Waals surface area contributed by atoms with E-state index in [2.05, 4.69) is 57.6 Å². The van der Waals surface area contributed by atoms with Gasteiger partial charge >= 0.3 is 0 Å². The molecule has 1 fully saturated rings. The summed E-state index contributed by atoms with van der Waals surface area (Å²) in [4.78, 5) is 15.9. The smallest absolute Gasteiger partial charge is 0.255 e. The molecule has 5 rings (SSSR count). The highest BCUT2D eigenvalue weighted by Gasteiger charge is 2.19. The Hall–Kier alpha value is -3.87. The zero-order valence-corrected chi connectivity index (χ0v) is 22.4. The lowest BCUT2D eigenvalue weighted by molar-refractivity contribution is 0.102. The van der Waals surface area contributed by atoms with Gasteiger partial charge in [0.15, 0.2) is 0 Å². The zero-order valence-electron chi connectivity index (χ0n) is 22.4. The number of hydrogen-bond donors (Lipinski definition) is 2. The van der Waals surface area contributed by atoms with Gasteiger partial charge in [0.2, 0.25) is 0 Å². The predicted molar refractivity (Wildman–Crippen MR) is 154 cm³/mol. The zero-order chi connectivity index (χ0) is 26.5. The summed E-state index contributed by atoms with van der Waals surface area (Å²) < 4.78 is 8.17. The van der Waals surface area contributed by atoms with Crippen LogP contribution in [0, 0.1) is 13.8 Å². The first-order chi connectivity index (χ1) is 18.5. The van der Waals surface area contributed by atoms with Crippen molar-refractivity contribution in [3.05, 3.63) is 107 Å². The Morgan fingerprint density at radius 2 is 1.87 bits per heavy atom. The van der Waals surface area contributed by atoms with Crippen LogP contribution >= 0.6 is 0 Å². The monoisotopic (exact) mass is 508 g/mol. The van der Waals surface area contributed by atoms with E-state index in [1.54, 1.807) is 0 Å². The van der Waals surface area contributed by atoms with Crippen molar-refractivity contribution in [2.75, 3.05) is 25.5 Å². The van der Waals surface area contributed by atoms with Gasteiger partial charge in [-0.05, 0) is 106 Å². The van der Waals surface area contributed by atoms with Crippen molar-refractivity contribution in [2.45, 2.75) is 39.3 Å². The highest BCUT2D eigenvalue weighted by molar-refractivity contribution is 6.04. The van der Waals surface area contributed by atoms with Gasteiger partial charge in [-0.3, -0.25) is 9.69 Å². The second kappa shape index (κ2) is 11.7. The Balaban J connectivity index is 1.39. The number of hydrogen-bond acceptors (Lipinski definition) is 4. The number of nitrogens with zero attached hydrogens (tertiary/aromatic N) is 2. The van der Waals surface area contributed by atoms with Gasteiger partial charge < -0.3 is 19.9 Å². The lowest BCUT2D eigenvalue weighted by Crippen LogP contribution is -2.43. The van der Waals surface area contributed by atoms with Gasteiger partial charge in [0.25, 0.3) is 5.91 Å². The van der Waals surface area contributed by atoms with E-state index in [0.29, 0.717) is 17.4 Å².